The molecule has 0 atom stereocenters. The van der Waals surface area contributed by atoms with E-state index in [-0.39, 0.29) is 10.7 Å². The number of rotatable bonds is 4. The van der Waals surface area contributed by atoms with Gasteiger partial charge in [0.05, 0.1) is 5.69 Å². The van der Waals surface area contributed by atoms with Crippen molar-refractivity contribution in [1.82, 2.24) is 4.98 Å². The molecule has 0 saturated heterocycles. The zero-order chi connectivity index (χ0) is 16.2. The molecule has 3 rings (SSSR count). The van der Waals surface area contributed by atoms with Gasteiger partial charge in [0.25, 0.3) is 0 Å². The van der Waals surface area contributed by atoms with Crippen LogP contribution < -0.4 is 0 Å². The Morgan fingerprint density at radius 1 is 1.04 bits per heavy atom. The van der Waals surface area contributed by atoms with E-state index in [1.165, 1.54) is 12.1 Å². The number of aromatic nitrogens is 1. The van der Waals surface area contributed by atoms with Crippen LogP contribution in [-0.4, -0.2) is 16.1 Å². The first kappa shape index (κ1) is 15.1. The van der Waals surface area contributed by atoms with Gasteiger partial charge in [0.1, 0.15) is 15.7 Å². The van der Waals surface area contributed by atoms with Gasteiger partial charge in [0.15, 0.2) is 0 Å². The number of benzene rings is 2. The maximum absolute atomic E-state index is 12.9. The average molecular weight is 325 g/mol. The molecule has 3 nitrogen and oxygen atoms in total. The van der Waals surface area contributed by atoms with E-state index in [9.17, 15) is 14.3 Å². The first-order valence-corrected chi connectivity index (χ1v) is 7.68. The van der Waals surface area contributed by atoms with Crippen LogP contribution in [-0.2, 0) is 0 Å². The van der Waals surface area contributed by atoms with Gasteiger partial charge in [-0.2, -0.15) is 0 Å². The predicted octanol–water partition coefficient (Wildman–Crippen LogP) is 4.82. The van der Waals surface area contributed by atoms with Crippen LogP contribution in [0.4, 0.5) is 4.39 Å². The molecule has 0 spiro atoms. The molecule has 23 heavy (non-hydrogen) atoms. The molecule has 3 aromatic rings. The summed E-state index contributed by atoms with van der Waals surface area (Å²) in [6.45, 7) is 0. The fourth-order valence-corrected chi connectivity index (χ4v) is 2.95. The summed E-state index contributed by atoms with van der Waals surface area (Å²) in [6.07, 6.45) is 3.36. The summed E-state index contributed by atoms with van der Waals surface area (Å²) in [4.78, 5) is 16.0. The second-order valence-corrected chi connectivity index (χ2v) is 5.79. The van der Waals surface area contributed by atoms with Crippen molar-refractivity contribution in [2.24, 2.45) is 0 Å². The van der Waals surface area contributed by atoms with Crippen molar-refractivity contribution in [1.29, 1.82) is 0 Å². The molecule has 0 unspecified atom stereocenters. The number of carbonyl (C=O) groups is 1. The topological polar surface area (TPSA) is 50.2 Å². The van der Waals surface area contributed by atoms with E-state index in [0.29, 0.717) is 10.7 Å². The Balaban J connectivity index is 1.96. The molecule has 0 bridgehead atoms. The third-order valence-electron chi connectivity index (χ3n) is 3.17. The van der Waals surface area contributed by atoms with Gasteiger partial charge in [-0.1, -0.05) is 48.5 Å². The molecular weight excluding hydrogens is 313 g/mol. The quantitative estimate of drug-likeness (QED) is 0.748. The van der Waals surface area contributed by atoms with Crippen LogP contribution in [0, 0.1) is 5.82 Å². The second kappa shape index (κ2) is 6.54. The lowest BCUT2D eigenvalue weighted by molar-refractivity contribution is 0.0701. The van der Waals surface area contributed by atoms with Gasteiger partial charge in [-0.15, -0.1) is 11.3 Å². The van der Waals surface area contributed by atoms with Crippen LogP contribution >= 0.6 is 11.3 Å². The summed E-state index contributed by atoms with van der Waals surface area (Å²) >= 11 is 1.14. The summed E-state index contributed by atoms with van der Waals surface area (Å²) in [6, 6.07) is 15.4. The zero-order valence-corrected chi connectivity index (χ0v) is 12.8. The number of carboxylic acids is 1. The minimum absolute atomic E-state index is 0.183. The van der Waals surface area contributed by atoms with Crippen molar-refractivity contribution in [2.75, 3.05) is 0 Å². The normalized spacial score (nSPS) is 11.0. The maximum atomic E-state index is 12.9. The number of aromatic carboxylic acids is 1. The minimum Gasteiger partial charge on any atom is -0.477 e. The van der Waals surface area contributed by atoms with Gasteiger partial charge >= 0.3 is 5.97 Å². The van der Waals surface area contributed by atoms with Crippen molar-refractivity contribution >= 4 is 29.5 Å². The van der Waals surface area contributed by atoms with E-state index in [2.05, 4.69) is 4.98 Å². The standard InChI is InChI=1S/C18H12FNO2S/c19-14-9-6-12(7-10-14)8-11-15-16(18(21)22)23-17(20-15)13-4-2-1-3-5-13/h1-11H,(H,21,22)/b11-8+. The van der Waals surface area contributed by atoms with Crippen LogP contribution in [0.1, 0.15) is 20.9 Å². The number of hydrogen-bond acceptors (Lipinski definition) is 3. The number of hydrogen-bond donors (Lipinski definition) is 1. The molecule has 0 aliphatic heterocycles. The number of nitrogens with zero attached hydrogens (tertiary/aromatic N) is 1. The molecule has 1 heterocycles. The lowest BCUT2D eigenvalue weighted by atomic mass is 10.2. The summed E-state index contributed by atoms with van der Waals surface area (Å²) in [5, 5.41) is 10.0. The van der Waals surface area contributed by atoms with Crippen molar-refractivity contribution in [2.45, 2.75) is 0 Å². The van der Waals surface area contributed by atoms with Gasteiger partial charge in [0.2, 0.25) is 0 Å². The van der Waals surface area contributed by atoms with Crippen molar-refractivity contribution in [3.63, 3.8) is 0 Å². The lowest BCUT2D eigenvalue weighted by Crippen LogP contribution is -1.94. The Labute approximate surface area is 136 Å². The summed E-state index contributed by atoms with van der Waals surface area (Å²) in [5.41, 5.74) is 2.05. The van der Waals surface area contributed by atoms with E-state index >= 15 is 0 Å². The summed E-state index contributed by atoms with van der Waals surface area (Å²) < 4.78 is 12.9. The predicted molar refractivity (Wildman–Crippen MR) is 89.8 cm³/mol. The number of halogens is 1. The third kappa shape index (κ3) is 3.52. The van der Waals surface area contributed by atoms with Crippen LogP contribution in [0.15, 0.2) is 54.6 Å². The largest absolute Gasteiger partial charge is 0.477 e. The molecule has 5 heteroatoms. The molecule has 0 saturated carbocycles. The third-order valence-corrected chi connectivity index (χ3v) is 4.28. The van der Waals surface area contributed by atoms with E-state index in [1.807, 2.05) is 30.3 Å². The van der Waals surface area contributed by atoms with Gasteiger partial charge in [-0.25, -0.2) is 14.2 Å². The molecule has 1 aromatic heterocycles. The van der Waals surface area contributed by atoms with E-state index < -0.39 is 5.97 Å². The first-order valence-electron chi connectivity index (χ1n) is 6.86. The SMILES string of the molecule is O=C(O)c1sc(-c2ccccc2)nc1/C=C/c1ccc(F)cc1. The monoisotopic (exact) mass is 325 g/mol. The van der Waals surface area contributed by atoms with E-state index in [1.54, 1.807) is 24.3 Å². The highest BCUT2D eigenvalue weighted by Crippen LogP contribution is 2.29. The molecule has 0 radical (unpaired) electrons. The summed E-state index contributed by atoms with van der Waals surface area (Å²) in [7, 11) is 0. The molecular formula is C18H12FNO2S. The molecule has 0 aliphatic carbocycles. The van der Waals surface area contributed by atoms with Gasteiger partial charge in [-0.05, 0) is 23.8 Å². The molecule has 1 N–H and O–H groups in total. The summed E-state index contributed by atoms with van der Waals surface area (Å²) in [5.74, 6) is -1.32. The van der Waals surface area contributed by atoms with E-state index in [4.69, 9.17) is 0 Å². The molecule has 2 aromatic carbocycles. The Hall–Kier alpha value is -2.79. The fourth-order valence-electron chi connectivity index (χ4n) is 2.05. The second-order valence-electron chi connectivity index (χ2n) is 4.79. The first-order chi connectivity index (χ1) is 11.1. The fraction of sp³-hybridized carbons (Fsp3) is 0. The smallest absolute Gasteiger partial charge is 0.348 e. The Bertz CT molecular complexity index is 854. The Morgan fingerprint density at radius 2 is 1.74 bits per heavy atom. The highest BCUT2D eigenvalue weighted by molar-refractivity contribution is 7.17. The van der Waals surface area contributed by atoms with Gasteiger partial charge < -0.3 is 5.11 Å². The van der Waals surface area contributed by atoms with Gasteiger partial charge in [0, 0.05) is 5.56 Å². The van der Waals surface area contributed by atoms with E-state index in [0.717, 1.165) is 22.5 Å². The Kier molecular flexibility index (Phi) is 4.30. The molecule has 114 valence electrons. The highest BCUT2D eigenvalue weighted by atomic mass is 32.1. The Morgan fingerprint density at radius 3 is 2.39 bits per heavy atom. The number of carboxylic acid groups (broad SMARTS) is 1. The average Bonchev–Trinajstić information content (AvgIpc) is 3.00. The molecule has 0 aliphatic rings. The zero-order valence-electron chi connectivity index (χ0n) is 11.9. The van der Waals surface area contributed by atoms with Crippen LogP contribution in [0.2, 0.25) is 0 Å². The van der Waals surface area contributed by atoms with Crippen LogP contribution in [0.3, 0.4) is 0 Å². The van der Waals surface area contributed by atoms with Gasteiger partial charge in [-0.3, -0.25) is 0 Å². The van der Waals surface area contributed by atoms with Crippen LogP contribution in [0.5, 0.6) is 0 Å². The van der Waals surface area contributed by atoms with Crippen LogP contribution in [0.25, 0.3) is 22.7 Å². The van der Waals surface area contributed by atoms with Crippen molar-refractivity contribution in [3.8, 4) is 10.6 Å². The lowest BCUT2D eigenvalue weighted by Gasteiger charge is -1.94. The molecule has 0 amide bonds. The molecule has 0 fully saturated rings. The van der Waals surface area contributed by atoms with Crippen molar-refractivity contribution < 1.29 is 14.3 Å². The minimum atomic E-state index is -1.01. The maximum Gasteiger partial charge on any atom is 0.348 e. The number of thiazole rings is 1. The highest BCUT2D eigenvalue weighted by Gasteiger charge is 2.16. The van der Waals surface area contributed by atoms with Crippen molar-refractivity contribution in [3.05, 3.63) is 76.5 Å².